The van der Waals surface area contributed by atoms with Crippen LogP contribution in [-0.4, -0.2) is 72.4 Å². The number of nitrogens with zero attached hydrogens (tertiary/aromatic N) is 1. The molecule has 1 fully saturated rings. The minimum absolute atomic E-state index is 0.0169. The third-order valence-corrected chi connectivity index (χ3v) is 3.18. The van der Waals surface area contributed by atoms with E-state index in [4.69, 9.17) is 9.47 Å². The van der Waals surface area contributed by atoms with Gasteiger partial charge in [0.05, 0.1) is 31.0 Å². The van der Waals surface area contributed by atoms with E-state index in [1.54, 1.807) is 0 Å². The van der Waals surface area contributed by atoms with Crippen molar-refractivity contribution >= 4 is 0 Å². The van der Waals surface area contributed by atoms with Gasteiger partial charge in [0, 0.05) is 26.2 Å². The molecule has 0 aromatic carbocycles. The normalized spacial score (nSPS) is 25.4. The summed E-state index contributed by atoms with van der Waals surface area (Å²) in [6.07, 6.45) is 1.48. The van der Waals surface area contributed by atoms with Gasteiger partial charge in [0.25, 0.3) is 0 Å². The molecule has 0 amide bonds. The molecule has 114 valence electrons. The SMILES string of the molecule is CCCCOCC(O)CN1CC(CO)OC(C)(C)C1. The monoisotopic (exact) mass is 275 g/mol. The van der Waals surface area contributed by atoms with Crippen molar-refractivity contribution in [1.82, 2.24) is 4.90 Å². The van der Waals surface area contributed by atoms with Crippen LogP contribution in [0.3, 0.4) is 0 Å². The summed E-state index contributed by atoms with van der Waals surface area (Å²) in [4.78, 5) is 2.14. The Balaban J connectivity index is 2.30. The largest absolute Gasteiger partial charge is 0.394 e. The first kappa shape index (κ1) is 16.9. The molecule has 19 heavy (non-hydrogen) atoms. The quantitative estimate of drug-likeness (QED) is 0.636. The van der Waals surface area contributed by atoms with Gasteiger partial charge in [-0.3, -0.25) is 4.90 Å². The Morgan fingerprint density at radius 1 is 1.47 bits per heavy atom. The van der Waals surface area contributed by atoms with Gasteiger partial charge < -0.3 is 19.7 Å². The van der Waals surface area contributed by atoms with E-state index in [0.29, 0.717) is 26.3 Å². The lowest BCUT2D eigenvalue weighted by molar-refractivity contribution is -0.154. The maximum atomic E-state index is 9.96. The summed E-state index contributed by atoms with van der Waals surface area (Å²) in [6.45, 7) is 9.21. The molecule has 0 aliphatic carbocycles. The van der Waals surface area contributed by atoms with Gasteiger partial charge in [-0.05, 0) is 20.3 Å². The summed E-state index contributed by atoms with van der Waals surface area (Å²) < 4.78 is 11.2. The van der Waals surface area contributed by atoms with Crippen molar-refractivity contribution in [2.24, 2.45) is 0 Å². The zero-order valence-corrected chi connectivity index (χ0v) is 12.5. The molecule has 1 saturated heterocycles. The highest BCUT2D eigenvalue weighted by atomic mass is 16.5. The fraction of sp³-hybridized carbons (Fsp3) is 1.00. The van der Waals surface area contributed by atoms with Crippen LogP contribution < -0.4 is 0 Å². The van der Waals surface area contributed by atoms with Gasteiger partial charge in [-0.1, -0.05) is 13.3 Å². The average molecular weight is 275 g/mol. The van der Waals surface area contributed by atoms with E-state index in [0.717, 1.165) is 19.4 Å². The molecular formula is C14H29NO4. The van der Waals surface area contributed by atoms with E-state index in [-0.39, 0.29) is 18.3 Å². The number of rotatable bonds is 8. The Kier molecular flexibility index (Phi) is 7.25. The maximum Gasteiger partial charge on any atom is 0.0940 e. The lowest BCUT2D eigenvalue weighted by Crippen LogP contribution is -2.55. The fourth-order valence-corrected chi connectivity index (χ4v) is 2.47. The molecule has 1 aliphatic rings. The van der Waals surface area contributed by atoms with Crippen molar-refractivity contribution in [3.05, 3.63) is 0 Å². The molecule has 1 heterocycles. The molecule has 0 bridgehead atoms. The topological polar surface area (TPSA) is 62.2 Å². The number of unbranched alkanes of at least 4 members (excludes halogenated alkanes) is 1. The zero-order valence-electron chi connectivity index (χ0n) is 12.5. The second-order valence-electron chi connectivity index (χ2n) is 5.96. The van der Waals surface area contributed by atoms with Crippen LogP contribution in [0.4, 0.5) is 0 Å². The van der Waals surface area contributed by atoms with Gasteiger partial charge in [-0.25, -0.2) is 0 Å². The maximum absolute atomic E-state index is 9.96. The van der Waals surface area contributed by atoms with Crippen molar-refractivity contribution in [3.8, 4) is 0 Å². The van der Waals surface area contributed by atoms with Crippen LogP contribution in [0.5, 0.6) is 0 Å². The van der Waals surface area contributed by atoms with E-state index in [2.05, 4.69) is 11.8 Å². The first-order chi connectivity index (χ1) is 8.96. The van der Waals surface area contributed by atoms with E-state index in [1.807, 2.05) is 13.8 Å². The number of ether oxygens (including phenoxy) is 2. The van der Waals surface area contributed by atoms with Gasteiger partial charge in [0.1, 0.15) is 0 Å². The number of hydrogen-bond donors (Lipinski definition) is 2. The molecule has 1 aliphatic heterocycles. The second kappa shape index (κ2) is 8.17. The predicted molar refractivity (Wildman–Crippen MR) is 74.2 cm³/mol. The van der Waals surface area contributed by atoms with Crippen molar-refractivity contribution in [1.29, 1.82) is 0 Å². The summed E-state index contributed by atoms with van der Waals surface area (Å²) in [5.41, 5.74) is -0.283. The van der Waals surface area contributed by atoms with Crippen molar-refractivity contribution in [3.63, 3.8) is 0 Å². The Hall–Kier alpha value is -0.200. The van der Waals surface area contributed by atoms with Gasteiger partial charge in [-0.15, -0.1) is 0 Å². The van der Waals surface area contributed by atoms with Gasteiger partial charge in [0.2, 0.25) is 0 Å². The van der Waals surface area contributed by atoms with Crippen molar-refractivity contribution in [2.75, 3.05) is 39.5 Å². The molecule has 0 saturated carbocycles. The van der Waals surface area contributed by atoms with E-state index in [1.165, 1.54) is 0 Å². The van der Waals surface area contributed by atoms with E-state index in [9.17, 15) is 10.2 Å². The number of hydrogen-bond acceptors (Lipinski definition) is 5. The molecule has 5 nitrogen and oxygen atoms in total. The smallest absolute Gasteiger partial charge is 0.0940 e. The molecule has 5 heteroatoms. The summed E-state index contributed by atoms with van der Waals surface area (Å²) >= 11 is 0. The Morgan fingerprint density at radius 3 is 2.84 bits per heavy atom. The molecule has 0 aromatic heterocycles. The van der Waals surface area contributed by atoms with Crippen LogP contribution in [0.1, 0.15) is 33.6 Å². The van der Waals surface area contributed by atoms with Gasteiger partial charge in [0.15, 0.2) is 0 Å². The van der Waals surface area contributed by atoms with E-state index >= 15 is 0 Å². The van der Waals surface area contributed by atoms with Crippen LogP contribution in [0.2, 0.25) is 0 Å². The van der Waals surface area contributed by atoms with Crippen LogP contribution in [0.15, 0.2) is 0 Å². The molecule has 1 rings (SSSR count). The number of morpholine rings is 1. The Bertz CT molecular complexity index is 248. The number of aliphatic hydroxyl groups is 2. The number of aliphatic hydroxyl groups excluding tert-OH is 2. The molecule has 2 atom stereocenters. The molecule has 0 radical (unpaired) electrons. The number of β-amino-alcohol motifs (C(OH)–C–C–N with tert-alkyl or cyclic N) is 1. The average Bonchev–Trinajstić information content (AvgIpc) is 2.32. The third-order valence-electron chi connectivity index (χ3n) is 3.18. The van der Waals surface area contributed by atoms with Gasteiger partial charge in [-0.2, -0.15) is 0 Å². The van der Waals surface area contributed by atoms with Crippen LogP contribution in [0, 0.1) is 0 Å². The highest BCUT2D eigenvalue weighted by Gasteiger charge is 2.33. The van der Waals surface area contributed by atoms with Crippen LogP contribution >= 0.6 is 0 Å². The lowest BCUT2D eigenvalue weighted by atomic mass is 10.0. The third kappa shape index (κ3) is 6.68. The molecule has 2 unspecified atom stereocenters. The van der Waals surface area contributed by atoms with Crippen molar-refractivity contribution in [2.45, 2.75) is 51.4 Å². The highest BCUT2D eigenvalue weighted by molar-refractivity contribution is 4.84. The molecule has 0 spiro atoms. The predicted octanol–water partition coefficient (Wildman–Crippen LogP) is 0.636. The molecule has 2 N–H and O–H groups in total. The van der Waals surface area contributed by atoms with Crippen molar-refractivity contribution < 1.29 is 19.7 Å². The van der Waals surface area contributed by atoms with Crippen LogP contribution in [0.25, 0.3) is 0 Å². The summed E-state index contributed by atoms with van der Waals surface area (Å²) in [5, 5.41) is 19.2. The zero-order chi connectivity index (χ0) is 14.3. The minimum Gasteiger partial charge on any atom is -0.394 e. The fourth-order valence-electron chi connectivity index (χ4n) is 2.47. The first-order valence-corrected chi connectivity index (χ1v) is 7.23. The molecular weight excluding hydrogens is 246 g/mol. The minimum atomic E-state index is -0.481. The Labute approximate surface area is 116 Å². The van der Waals surface area contributed by atoms with Crippen LogP contribution in [-0.2, 0) is 9.47 Å². The summed E-state index contributed by atoms with van der Waals surface area (Å²) in [7, 11) is 0. The first-order valence-electron chi connectivity index (χ1n) is 7.23. The lowest BCUT2D eigenvalue weighted by Gasteiger charge is -2.42. The van der Waals surface area contributed by atoms with E-state index < -0.39 is 6.10 Å². The molecule has 0 aromatic rings. The summed E-state index contributed by atoms with van der Waals surface area (Å²) in [6, 6.07) is 0. The standard InChI is InChI=1S/C14H29NO4/c1-4-5-6-18-10-12(17)7-15-8-13(9-16)19-14(2,3)11-15/h12-13,16-17H,4-11H2,1-3H3. The highest BCUT2D eigenvalue weighted by Crippen LogP contribution is 2.20. The summed E-state index contributed by atoms with van der Waals surface area (Å²) in [5.74, 6) is 0. The Morgan fingerprint density at radius 2 is 2.21 bits per heavy atom. The van der Waals surface area contributed by atoms with Gasteiger partial charge >= 0.3 is 0 Å². The second-order valence-corrected chi connectivity index (χ2v) is 5.96.